The third-order valence-electron chi connectivity index (χ3n) is 16.5. The van der Waals surface area contributed by atoms with Crippen LogP contribution in [0.5, 0.6) is 0 Å². The monoisotopic (exact) mass is 995 g/mol. The lowest BCUT2D eigenvalue weighted by molar-refractivity contribution is -0.165. The zero-order valence-electron chi connectivity index (χ0n) is 44.3. The van der Waals surface area contributed by atoms with Crippen LogP contribution in [-0.2, 0) is 47.7 Å². The van der Waals surface area contributed by atoms with Crippen LogP contribution in [0.3, 0.4) is 0 Å². The predicted molar refractivity (Wildman–Crippen MR) is 270 cm³/mol. The molecule has 4 aliphatic rings. The van der Waals surface area contributed by atoms with Crippen molar-refractivity contribution >= 4 is 35.0 Å². The van der Waals surface area contributed by atoms with Gasteiger partial charge in [0, 0.05) is 57.5 Å². The van der Waals surface area contributed by atoms with Crippen molar-refractivity contribution in [1.29, 1.82) is 0 Å². The van der Waals surface area contributed by atoms with E-state index in [4.69, 9.17) is 24.5 Å². The summed E-state index contributed by atoms with van der Waals surface area (Å²) in [6.07, 6.45) is 13.1. The topological polar surface area (TPSA) is 232 Å². The van der Waals surface area contributed by atoms with Crippen LogP contribution in [0.25, 0.3) is 10.4 Å². The summed E-state index contributed by atoms with van der Waals surface area (Å²) in [5, 5.41) is 27.1. The van der Waals surface area contributed by atoms with E-state index in [9.17, 15) is 39.0 Å². The normalized spacial score (nSPS) is 36.6. The van der Waals surface area contributed by atoms with Crippen molar-refractivity contribution in [2.75, 3.05) is 34.4 Å². The quantitative estimate of drug-likeness (QED) is 0.0729. The Labute approximate surface area is 422 Å². The van der Waals surface area contributed by atoms with Crippen LogP contribution in [0.4, 0.5) is 0 Å². The number of ether oxygens (including phenoxy) is 4. The number of piperidine rings is 1. The van der Waals surface area contributed by atoms with Gasteiger partial charge in [-0.25, -0.2) is 0 Å². The van der Waals surface area contributed by atoms with Crippen molar-refractivity contribution < 1.29 is 57.9 Å². The highest BCUT2D eigenvalue weighted by atomic mass is 16.6. The number of azide groups is 1. The lowest BCUT2D eigenvalue weighted by Gasteiger charge is -2.43. The molecule has 398 valence electrons. The fraction of sp³-hybridized carbons (Fsp3) is 0.782. The van der Waals surface area contributed by atoms with E-state index in [1.54, 1.807) is 21.1 Å². The van der Waals surface area contributed by atoms with Gasteiger partial charge in [-0.05, 0) is 143 Å². The molecular formula is C55H86N4O12. The first-order chi connectivity index (χ1) is 33.7. The van der Waals surface area contributed by atoms with E-state index in [2.05, 4.69) is 10.0 Å². The summed E-state index contributed by atoms with van der Waals surface area (Å²) in [6, 6.07) is -0.900. The Bertz CT molecular complexity index is 1960. The maximum atomic E-state index is 14.8. The van der Waals surface area contributed by atoms with Gasteiger partial charge in [0.1, 0.15) is 30.1 Å². The van der Waals surface area contributed by atoms with Crippen LogP contribution >= 0.6 is 0 Å². The number of aliphatic hydroxyl groups is 2. The molecule has 2 bridgehead atoms. The van der Waals surface area contributed by atoms with Gasteiger partial charge in [0.15, 0.2) is 11.6 Å². The predicted octanol–water partition coefficient (Wildman–Crippen LogP) is 8.45. The van der Waals surface area contributed by atoms with Crippen molar-refractivity contribution in [2.24, 2.45) is 58.4 Å². The van der Waals surface area contributed by atoms with E-state index in [0.717, 1.165) is 12.0 Å². The molecule has 71 heavy (non-hydrogen) atoms. The molecule has 2 N–H and O–H groups in total. The largest absolute Gasteiger partial charge is 0.459 e. The van der Waals surface area contributed by atoms with Crippen molar-refractivity contribution in [3.8, 4) is 0 Å². The van der Waals surface area contributed by atoms with Gasteiger partial charge in [-0.3, -0.25) is 28.8 Å². The first-order valence-electron chi connectivity index (χ1n) is 26.3. The number of methoxy groups -OCH3 is 3. The van der Waals surface area contributed by atoms with E-state index in [1.165, 1.54) is 12.0 Å². The molecule has 16 nitrogen and oxygen atoms in total. The number of hydrogen-bond acceptors (Lipinski definition) is 13. The van der Waals surface area contributed by atoms with Gasteiger partial charge in [0.05, 0.1) is 24.4 Å². The van der Waals surface area contributed by atoms with E-state index < -0.39 is 89.9 Å². The Morgan fingerprint density at radius 3 is 2.25 bits per heavy atom. The molecule has 2 aliphatic heterocycles. The number of carbonyl (C=O) groups is 6. The van der Waals surface area contributed by atoms with Crippen molar-refractivity contribution in [3.05, 3.63) is 46.4 Å². The molecule has 1 amide bonds. The molecule has 4 rings (SSSR count). The minimum Gasteiger partial charge on any atom is -0.459 e. The number of carbonyl (C=O) groups excluding carboxylic acids is 6. The van der Waals surface area contributed by atoms with Crippen LogP contribution in [0.1, 0.15) is 145 Å². The Morgan fingerprint density at radius 1 is 0.859 bits per heavy atom. The van der Waals surface area contributed by atoms with Gasteiger partial charge >= 0.3 is 5.97 Å². The maximum Gasteiger partial charge on any atom is 0.312 e. The first kappa shape index (κ1) is 59.5. The average Bonchev–Trinajstić information content (AvgIpc) is 3.35. The molecule has 4 unspecified atom stereocenters. The zero-order valence-corrected chi connectivity index (χ0v) is 44.3. The number of aliphatic hydroxyl groups excluding tert-OH is 1. The fourth-order valence-corrected chi connectivity index (χ4v) is 11.9. The van der Waals surface area contributed by atoms with Crippen molar-refractivity contribution in [2.45, 2.75) is 187 Å². The molecule has 2 aliphatic carbocycles. The Hall–Kier alpha value is -4.05. The number of hydrogen-bond donors (Lipinski definition) is 2. The SMILES string of the molecule is COC1C[C@H]2CC[C@@H](C)[C@@](O)(C2)C(=O)C(=O)N2CCCC[C@H]2C(=O)C[C@@H]([C@@H](C)CC2CC[C@@H](OC(=O)CN=[N+]=[N-])[C@@H](OC)C2)CC(=O)[C@@H](C)CC(C)[C@@H](O)C(OC)C(=O)[C@H](C)C[C@@H](C)C=CC=CC=C1C. The van der Waals surface area contributed by atoms with Gasteiger partial charge < -0.3 is 34.1 Å². The summed E-state index contributed by atoms with van der Waals surface area (Å²) in [7, 11) is 4.60. The van der Waals surface area contributed by atoms with Crippen LogP contribution in [0.15, 0.2) is 41.1 Å². The standard InChI is InChI=1S/C55H86N4O12/c1-33-16-12-11-13-17-34(2)47(68-8)28-41-20-19-39(7)55(67,31-41)53(65)54(66)59-23-15-14-18-43(59)45(61)30-42(29-44(60)36(4)25-38(6)51(64)52(70-10)50(63)37(5)24-33)35(3)26-40-21-22-46(48(27-40)69-9)71-49(62)32-57-58-56/h11-13,16-17,33,35-43,46-48,51-52,64,67H,14-15,18-32H2,1-10H3/t33-,35-,36-,37+,38?,39+,40?,41+,42-,43-,46+,47?,48-,51+,52?,55-/m0/s1. The molecule has 1 saturated heterocycles. The summed E-state index contributed by atoms with van der Waals surface area (Å²) in [5.74, 6) is -5.40. The second kappa shape index (κ2) is 28.4. The molecule has 2 heterocycles. The number of ketones is 4. The molecule has 2 saturated carbocycles. The third kappa shape index (κ3) is 16.5. The highest BCUT2D eigenvalue weighted by Crippen LogP contribution is 2.42. The fourth-order valence-electron chi connectivity index (χ4n) is 11.9. The van der Waals surface area contributed by atoms with Gasteiger partial charge in [-0.15, -0.1) is 0 Å². The van der Waals surface area contributed by atoms with Crippen LogP contribution in [-0.4, -0.2) is 127 Å². The third-order valence-corrected chi connectivity index (χ3v) is 16.5. The van der Waals surface area contributed by atoms with Crippen molar-refractivity contribution in [1.82, 2.24) is 4.90 Å². The van der Waals surface area contributed by atoms with Gasteiger partial charge in [-0.2, -0.15) is 0 Å². The first-order valence-corrected chi connectivity index (χ1v) is 26.3. The lowest BCUT2D eigenvalue weighted by atomic mass is 9.67. The summed E-state index contributed by atoms with van der Waals surface area (Å²) in [4.78, 5) is 88.2. The molecule has 3 fully saturated rings. The molecule has 0 aromatic carbocycles. The summed E-state index contributed by atoms with van der Waals surface area (Å²) in [6.45, 7) is 13.1. The molecule has 16 atom stereocenters. The van der Waals surface area contributed by atoms with Crippen LogP contribution in [0, 0.1) is 53.3 Å². The molecule has 16 heteroatoms. The smallest absolute Gasteiger partial charge is 0.312 e. The number of fused-ring (bicyclic) bond motifs is 3. The number of amides is 1. The highest BCUT2D eigenvalue weighted by molar-refractivity contribution is 6.39. The maximum absolute atomic E-state index is 14.8. The minimum atomic E-state index is -1.92. The van der Waals surface area contributed by atoms with E-state index in [1.807, 2.05) is 71.9 Å². The summed E-state index contributed by atoms with van der Waals surface area (Å²) < 4.78 is 22.9. The average molecular weight is 995 g/mol. The van der Waals surface area contributed by atoms with Gasteiger partial charge in [-0.1, -0.05) is 77.0 Å². The Balaban J connectivity index is 1.67. The summed E-state index contributed by atoms with van der Waals surface area (Å²) in [5.41, 5.74) is 7.70. The van der Waals surface area contributed by atoms with Gasteiger partial charge in [0.25, 0.3) is 11.7 Å². The van der Waals surface area contributed by atoms with E-state index >= 15 is 0 Å². The van der Waals surface area contributed by atoms with E-state index in [-0.39, 0.29) is 79.4 Å². The minimum absolute atomic E-state index is 0.0184. The number of esters is 1. The highest BCUT2D eigenvalue weighted by Gasteiger charge is 2.51. The number of rotatable bonds is 9. The lowest BCUT2D eigenvalue weighted by Crippen LogP contribution is -2.59. The summed E-state index contributed by atoms with van der Waals surface area (Å²) >= 11 is 0. The second-order valence-corrected chi connectivity index (χ2v) is 21.9. The molecule has 0 radical (unpaired) electrons. The second-order valence-electron chi connectivity index (χ2n) is 21.9. The number of nitrogens with zero attached hydrogens (tertiary/aromatic N) is 4. The van der Waals surface area contributed by atoms with Crippen LogP contribution in [0.2, 0.25) is 0 Å². The van der Waals surface area contributed by atoms with Crippen molar-refractivity contribution in [3.63, 3.8) is 0 Å². The van der Waals surface area contributed by atoms with Crippen LogP contribution < -0.4 is 0 Å². The molecule has 0 spiro atoms. The van der Waals surface area contributed by atoms with Gasteiger partial charge in [0.2, 0.25) is 0 Å². The molecular weight excluding hydrogens is 909 g/mol. The number of allylic oxidation sites excluding steroid dienone is 5. The number of Topliss-reactive ketones (excluding diaryl/α,β-unsaturated/α-hetero) is 4. The Morgan fingerprint density at radius 2 is 1.58 bits per heavy atom. The van der Waals surface area contributed by atoms with E-state index in [0.29, 0.717) is 64.2 Å². The molecule has 0 aromatic heterocycles. The zero-order chi connectivity index (χ0) is 52.6. The Kier molecular flexibility index (Phi) is 23.8. The molecule has 0 aromatic rings.